The monoisotopic (exact) mass is 262 g/mol. The predicted octanol–water partition coefficient (Wildman–Crippen LogP) is 2.80. The highest BCUT2D eigenvalue weighted by Gasteiger charge is 2.03. The van der Waals surface area contributed by atoms with E-state index in [4.69, 9.17) is 0 Å². The van der Waals surface area contributed by atoms with Gasteiger partial charge in [0.1, 0.15) is 5.75 Å². The lowest BCUT2D eigenvalue weighted by atomic mass is 10.1. The molecule has 0 spiro atoms. The maximum atomic E-state index is 9.87. The summed E-state index contributed by atoms with van der Waals surface area (Å²) in [5.41, 5.74) is 3.01. The summed E-state index contributed by atoms with van der Waals surface area (Å²) in [4.78, 5) is 4.42. The normalized spacial score (nSPS) is 10.8. The molecule has 1 aromatic heterocycles. The average Bonchev–Trinajstić information content (AvgIpc) is 2.76. The van der Waals surface area contributed by atoms with Crippen molar-refractivity contribution in [2.24, 2.45) is 0 Å². The third-order valence-corrected chi connectivity index (χ3v) is 3.68. The summed E-state index contributed by atoms with van der Waals surface area (Å²) < 4.78 is 0. The molecule has 96 valence electrons. The van der Waals surface area contributed by atoms with E-state index < -0.39 is 0 Å². The Morgan fingerprint density at radius 2 is 2.17 bits per heavy atom. The van der Waals surface area contributed by atoms with Gasteiger partial charge in [-0.1, -0.05) is 18.2 Å². The topological polar surface area (TPSA) is 45.2 Å². The number of phenols is 1. The van der Waals surface area contributed by atoms with Crippen LogP contribution in [-0.4, -0.2) is 16.6 Å². The Labute approximate surface area is 112 Å². The number of hydrogen-bond donors (Lipinski definition) is 2. The molecular weight excluding hydrogens is 244 g/mol. The van der Waals surface area contributed by atoms with E-state index in [-0.39, 0.29) is 0 Å². The van der Waals surface area contributed by atoms with Crippen molar-refractivity contribution in [3.05, 3.63) is 45.4 Å². The van der Waals surface area contributed by atoms with Crippen LogP contribution in [0.4, 0.5) is 0 Å². The van der Waals surface area contributed by atoms with E-state index in [1.165, 1.54) is 0 Å². The molecule has 4 heteroatoms. The molecule has 0 aliphatic rings. The Bertz CT molecular complexity index is 522. The number of nitrogens with one attached hydrogen (secondary N) is 1. The second-order valence-electron chi connectivity index (χ2n) is 4.37. The summed E-state index contributed by atoms with van der Waals surface area (Å²) in [6.45, 7) is 5.50. The van der Waals surface area contributed by atoms with Crippen LogP contribution in [0.1, 0.15) is 21.8 Å². The van der Waals surface area contributed by atoms with E-state index >= 15 is 0 Å². The van der Waals surface area contributed by atoms with E-state index in [0.717, 1.165) is 34.8 Å². The summed E-state index contributed by atoms with van der Waals surface area (Å²) in [6, 6.07) is 5.83. The maximum Gasteiger partial charge on any atom is 0.122 e. The Hall–Kier alpha value is -1.39. The van der Waals surface area contributed by atoms with Gasteiger partial charge in [0, 0.05) is 30.5 Å². The van der Waals surface area contributed by atoms with Gasteiger partial charge in [-0.2, -0.15) is 0 Å². The number of para-hydroxylation sites is 1. The summed E-state index contributed by atoms with van der Waals surface area (Å²) in [5, 5.41) is 16.4. The molecule has 0 saturated heterocycles. The average molecular weight is 262 g/mol. The highest BCUT2D eigenvalue weighted by molar-refractivity contribution is 7.09. The van der Waals surface area contributed by atoms with Gasteiger partial charge in [-0.25, -0.2) is 4.98 Å². The van der Waals surface area contributed by atoms with Gasteiger partial charge in [0.2, 0.25) is 0 Å². The van der Waals surface area contributed by atoms with Crippen LogP contribution in [0.3, 0.4) is 0 Å². The van der Waals surface area contributed by atoms with E-state index in [9.17, 15) is 5.11 Å². The third-order valence-electron chi connectivity index (χ3n) is 2.86. The van der Waals surface area contributed by atoms with Crippen molar-refractivity contribution in [2.75, 3.05) is 6.54 Å². The molecule has 0 radical (unpaired) electrons. The molecule has 0 aliphatic carbocycles. The van der Waals surface area contributed by atoms with Crippen LogP contribution >= 0.6 is 11.3 Å². The Morgan fingerprint density at radius 1 is 1.33 bits per heavy atom. The van der Waals surface area contributed by atoms with Gasteiger partial charge in [-0.05, 0) is 19.4 Å². The third kappa shape index (κ3) is 3.31. The first-order chi connectivity index (χ1) is 8.66. The van der Waals surface area contributed by atoms with Crippen molar-refractivity contribution in [3.63, 3.8) is 0 Å². The molecule has 0 fully saturated rings. The first-order valence-corrected chi connectivity index (χ1v) is 6.94. The number of nitrogens with zero attached hydrogens (tertiary/aromatic N) is 1. The molecule has 0 bridgehead atoms. The number of rotatable bonds is 5. The van der Waals surface area contributed by atoms with Crippen molar-refractivity contribution in [2.45, 2.75) is 26.8 Å². The highest BCUT2D eigenvalue weighted by Crippen LogP contribution is 2.20. The molecule has 0 atom stereocenters. The fourth-order valence-electron chi connectivity index (χ4n) is 1.82. The van der Waals surface area contributed by atoms with E-state index in [2.05, 4.69) is 15.7 Å². The highest BCUT2D eigenvalue weighted by atomic mass is 32.1. The van der Waals surface area contributed by atoms with Crippen molar-refractivity contribution in [1.82, 2.24) is 10.3 Å². The molecule has 0 unspecified atom stereocenters. The van der Waals surface area contributed by atoms with Gasteiger partial charge < -0.3 is 10.4 Å². The molecule has 1 heterocycles. The van der Waals surface area contributed by atoms with Gasteiger partial charge >= 0.3 is 0 Å². The van der Waals surface area contributed by atoms with Crippen molar-refractivity contribution in [1.29, 1.82) is 0 Å². The fourth-order valence-corrected chi connectivity index (χ4v) is 2.47. The smallest absolute Gasteiger partial charge is 0.122 e. The van der Waals surface area contributed by atoms with Gasteiger partial charge in [0.25, 0.3) is 0 Å². The molecule has 3 nitrogen and oxygen atoms in total. The summed E-state index contributed by atoms with van der Waals surface area (Å²) in [6.07, 6.45) is 0.927. The molecule has 1 aromatic carbocycles. The number of aromatic nitrogens is 1. The zero-order valence-corrected chi connectivity index (χ0v) is 11.5. The second-order valence-corrected chi connectivity index (χ2v) is 5.43. The summed E-state index contributed by atoms with van der Waals surface area (Å²) >= 11 is 1.68. The van der Waals surface area contributed by atoms with Crippen LogP contribution < -0.4 is 5.32 Å². The molecule has 0 aliphatic heterocycles. The molecule has 0 amide bonds. The molecule has 2 aromatic rings. The fraction of sp³-hybridized carbons (Fsp3) is 0.357. The first kappa shape index (κ1) is 13.1. The molecular formula is C14H18N2OS. The van der Waals surface area contributed by atoms with Gasteiger partial charge in [-0.15, -0.1) is 11.3 Å². The quantitative estimate of drug-likeness (QED) is 0.814. The van der Waals surface area contributed by atoms with Crippen LogP contribution in [0, 0.1) is 13.8 Å². The molecule has 18 heavy (non-hydrogen) atoms. The standard InChI is InChI=1S/C14H18N2OS/c1-10-4-3-5-12(14(10)17)8-15-7-6-13-9-18-11(2)16-13/h3-5,9,15,17H,6-8H2,1-2H3. The summed E-state index contributed by atoms with van der Waals surface area (Å²) in [5.74, 6) is 0.398. The predicted molar refractivity (Wildman–Crippen MR) is 75.1 cm³/mol. The van der Waals surface area contributed by atoms with Gasteiger partial charge in [-0.3, -0.25) is 0 Å². The van der Waals surface area contributed by atoms with Crippen molar-refractivity contribution >= 4 is 11.3 Å². The van der Waals surface area contributed by atoms with Gasteiger partial charge in [0.05, 0.1) is 10.7 Å². The lowest BCUT2D eigenvalue weighted by molar-refractivity contribution is 0.460. The number of benzene rings is 1. The van der Waals surface area contributed by atoms with E-state index in [1.807, 2.05) is 32.0 Å². The Morgan fingerprint density at radius 3 is 2.89 bits per heavy atom. The lowest BCUT2D eigenvalue weighted by Crippen LogP contribution is -2.17. The van der Waals surface area contributed by atoms with Crippen molar-refractivity contribution in [3.8, 4) is 5.75 Å². The molecule has 2 N–H and O–H groups in total. The van der Waals surface area contributed by atoms with E-state index in [0.29, 0.717) is 12.3 Å². The first-order valence-electron chi connectivity index (χ1n) is 6.06. The van der Waals surface area contributed by atoms with Crippen LogP contribution in [-0.2, 0) is 13.0 Å². The van der Waals surface area contributed by atoms with Crippen LogP contribution in [0.15, 0.2) is 23.6 Å². The van der Waals surface area contributed by atoms with Crippen LogP contribution in [0.2, 0.25) is 0 Å². The Balaban J connectivity index is 1.80. The van der Waals surface area contributed by atoms with Crippen molar-refractivity contribution < 1.29 is 5.11 Å². The number of thiazole rings is 1. The SMILES string of the molecule is Cc1nc(CCNCc2cccc(C)c2O)cs1. The van der Waals surface area contributed by atoms with Crippen LogP contribution in [0.25, 0.3) is 0 Å². The second kappa shape index (κ2) is 5.98. The Kier molecular flexibility index (Phi) is 4.33. The van der Waals surface area contributed by atoms with E-state index in [1.54, 1.807) is 11.3 Å². The minimum atomic E-state index is 0.398. The maximum absolute atomic E-state index is 9.87. The number of aromatic hydroxyl groups is 1. The zero-order chi connectivity index (χ0) is 13.0. The number of aryl methyl sites for hydroxylation is 2. The minimum Gasteiger partial charge on any atom is -0.507 e. The number of hydrogen-bond acceptors (Lipinski definition) is 4. The van der Waals surface area contributed by atoms with Gasteiger partial charge in [0.15, 0.2) is 0 Å². The number of phenolic OH excluding ortho intramolecular Hbond substituents is 1. The molecule has 0 saturated carbocycles. The van der Waals surface area contributed by atoms with Crippen LogP contribution in [0.5, 0.6) is 5.75 Å². The minimum absolute atomic E-state index is 0.398. The molecule has 2 rings (SSSR count). The summed E-state index contributed by atoms with van der Waals surface area (Å²) in [7, 11) is 0. The largest absolute Gasteiger partial charge is 0.507 e. The zero-order valence-electron chi connectivity index (χ0n) is 10.7. The lowest BCUT2D eigenvalue weighted by Gasteiger charge is -2.08.